The summed E-state index contributed by atoms with van der Waals surface area (Å²) in [6.07, 6.45) is 3.45. The van der Waals surface area contributed by atoms with Crippen LogP contribution in [0.25, 0.3) is 0 Å². The first kappa shape index (κ1) is 12.6. The van der Waals surface area contributed by atoms with Gasteiger partial charge in [0.25, 0.3) is 5.91 Å². The van der Waals surface area contributed by atoms with E-state index in [-0.39, 0.29) is 5.91 Å². The van der Waals surface area contributed by atoms with Crippen LogP contribution in [0.4, 0.5) is 5.95 Å². The Labute approximate surface area is 117 Å². The molecule has 3 rings (SSSR count). The number of benzene rings is 1. The molecule has 4 bridgehead atoms. The van der Waals surface area contributed by atoms with Crippen molar-refractivity contribution in [3.63, 3.8) is 0 Å². The second kappa shape index (κ2) is 5.69. The van der Waals surface area contributed by atoms with Gasteiger partial charge in [0.15, 0.2) is 0 Å². The van der Waals surface area contributed by atoms with Gasteiger partial charge in [-0.15, -0.1) is 0 Å². The molecule has 1 aromatic heterocycles. The zero-order chi connectivity index (χ0) is 13.8. The van der Waals surface area contributed by atoms with Crippen molar-refractivity contribution in [3.8, 4) is 0 Å². The summed E-state index contributed by atoms with van der Waals surface area (Å²) in [5.41, 5.74) is 2.71. The van der Waals surface area contributed by atoms with Gasteiger partial charge in [0.05, 0.1) is 0 Å². The highest BCUT2D eigenvalue weighted by Crippen LogP contribution is 2.10. The number of nitrogens with one attached hydrogen (secondary N) is 2. The fourth-order valence-corrected chi connectivity index (χ4v) is 2.20. The molecular weight excluding hydrogens is 252 g/mol. The smallest absolute Gasteiger partial charge is 0.251 e. The van der Waals surface area contributed by atoms with E-state index in [1.807, 2.05) is 30.3 Å². The highest BCUT2D eigenvalue weighted by molar-refractivity contribution is 5.94. The molecule has 0 atom stereocenters. The number of carbonyl (C=O) groups excluding carboxylic acids is 1. The van der Waals surface area contributed by atoms with Crippen LogP contribution in [0.5, 0.6) is 0 Å². The molecule has 2 heterocycles. The molecule has 2 aromatic rings. The number of nitrogens with zero attached hydrogens (tertiary/aromatic N) is 2. The molecule has 1 aliphatic heterocycles. The maximum absolute atomic E-state index is 12.0. The summed E-state index contributed by atoms with van der Waals surface area (Å²) in [6, 6.07) is 9.50. The summed E-state index contributed by atoms with van der Waals surface area (Å²) in [5.74, 6) is 0.607. The molecule has 1 aliphatic rings. The highest BCUT2D eigenvalue weighted by Gasteiger charge is 2.07. The molecule has 0 saturated carbocycles. The molecule has 0 aliphatic carbocycles. The normalized spacial score (nSPS) is 15.1. The summed E-state index contributed by atoms with van der Waals surface area (Å²) in [4.78, 5) is 20.7. The molecule has 2 N–H and O–H groups in total. The van der Waals surface area contributed by atoms with Crippen LogP contribution < -0.4 is 10.6 Å². The van der Waals surface area contributed by atoms with Gasteiger partial charge in [-0.3, -0.25) is 4.79 Å². The summed E-state index contributed by atoms with van der Waals surface area (Å²) in [6.45, 7) is 1.25. The van der Waals surface area contributed by atoms with Gasteiger partial charge in [-0.2, -0.15) is 0 Å². The van der Waals surface area contributed by atoms with Crippen LogP contribution in [0.3, 0.4) is 0 Å². The van der Waals surface area contributed by atoms with E-state index >= 15 is 0 Å². The summed E-state index contributed by atoms with van der Waals surface area (Å²) in [7, 11) is 0. The molecule has 1 amide bonds. The topological polar surface area (TPSA) is 66.9 Å². The lowest BCUT2D eigenvalue weighted by Crippen LogP contribution is -2.24. The summed E-state index contributed by atoms with van der Waals surface area (Å²) >= 11 is 0. The molecule has 5 nitrogen and oxygen atoms in total. The van der Waals surface area contributed by atoms with Crippen LogP contribution in [0.1, 0.15) is 28.0 Å². The van der Waals surface area contributed by atoms with Crippen molar-refractivity contribution in [3.05, 3.63) is 53.3 Å². The van der Waals surface area contributed by atoms with Crippen LogP contribution in [-0.2, 0) is 13.0 Å². The number of rotatable bonds is 0. The molecule has 1 aromatic carbocycles. The zero-order valence-electron chi connectivity index (χ0n) is 11.1. The third kappa shape index (κ3) is 2.93. The number of amides is 1. The van der Waals surface area contributed by atoms with E-state index in [0.29, 0.717) is 24.6 Å². The quantitative estimate of drug-likeness (QED) is 0.764. The van der Waals surface area contributed by atoms with Crippen molar-refractivity contribution in [2.75, 3.05) is 11.9 Å². The van der Waals surface area contributed by atoms with Crippen molar-refractivity contribution in [1.82, 2.24) is 15.3 Å². The maximum atomic E-state index is 12.0. The first-order valence-electron chi connectivity index (χ1n) is 6.74. The van der Waals surface area contributed by atoms with Gasteiger partial charge in [-0.05, 0) is 36.6 Å². The van der Waals surface area contributed by atoms with Crippen LogP contribution >= 0.6 is 0 Å². The van der Waals surface area contributed by atoms with Gasteiger partial charge in [-0.25, -0.2) is 9.97 Å². The lowest BCUT2D eigenvalue weighted by Gasteiger charge is -2.07. The van der Waals surface area contributed by atoms with Crippen molar-refractivity contribution >= 4 is 11.9 Å². The van der Waals surface area contributed by atoms with E-state index in [4.69, 9.17) is 0 Å². The van der Waals surface area contributed by atoms with Crippen molar-refractivity contribution in [2.24, 2.45) is 0 Å². The minimum absolute atomic E-state index is 0.0242. The summed E-state index contributed by atoms with van der Waals surface area (Å²) in [5, 5.41) is 6.13. The van der Waals surface area contributed by atoms with E-state index in [0.717, 1.165) is 24.1 Å². The largest absolute Gasteiger partial charge is 0.352 e. The Morgan fingerprint density at radius 3 is 3.05 bits per heavy atom. The highest BCUT2D eigenvalue weighted by atomic mass is 16.1. The van der Waals surface area contributed by atoms with Crippen LogP contribution in [-0.4, -0.2) is 22.4 Å². The lowest BCUT2D eigenvalue weighted by molar-refractivity contribution is 0.0953. The number of hydrogen-bond acceptors (Lipinski definition) is 4. The Morgan fingerprint density at radius 1 is 1.15 bits per heavy atom. The monoisotopic (exact) mass is 268 g/mol. The van der Waals surface area contributed by atoms with Crippen LogP contribution in [0.2, 0.25) is 0 Å². The first-order valence-corrected chi connectivity index (χ1v) is 6.74. The van der Waals surface area contributed by atoms with Gasteiger partial charge >= 0.3 is 0 Å². The Balaban J connectivity index is 1.89. The Bertz CT molecular complexity index is 627. The Morgan fingerprint density at radius 2 is 2.10 bits per heavy atom. The van der Waals surface area contributed by atoms with E-state index in [1.165, 1.54) is 0 Å². The van der Waals surface area contributed by atoms with Crippen LogP contribution in [0.15, 0.2) is 36.5 Å². The average molecular weight is 268 g/mol. The molecule has 102 valence electrons. The minimum atomic E-state index is -0.0242. The zero-order valence-corrected chi connectivity index (χ0v) is 11.1. The van der Waals surface area contributed by atoms with Crippen molar-refractivity contribution in [1.29, 1.82) is 0 Å². The SMILES string of the molecule is O=C1NCCCc2ccnc(n2)NCc2cccc1c2. The second-order valence-corrected chi connectivity index (χ2v) is 4.78. The lowest BCUT2D eigenvalue weighted by atomic mass is 10.1. The molecule has 0 saturated heterocycles. The van der Waals surface area contributed by atoms with Crippen molar-refractivity contribution in [2.45, 2.75) is 19.4 Å². The molecule has 0 unspecified atom stereocenters. The number of anilines is 1. The van der Waals surface area contributed by atoms with E-state index in [1.54, 1.807) is 6.20 Å². The number of carbonyl (C=O) groups is 1. The minimum Gasteiger partial charge on any atom is -0.352 e. The Hall–Kier alpha value is -2.43. The van der Waals surface area contributed by atoms with Gasteiger partial charge in [0.1, 0.15) is 0 Å². The predicted octanol–water partition coefficient (Wildman–Crippen LogP) is 1.76. The predicted molar refractivity (Wildman–Crippen MR) is 76.5 cm³/mol. The van der Waals surface area contributed by atoms with E-state index in [9.17, 15) is 4.79 Å². The summed E-state index contributed by atoms with van der Waals surface area (Å²) < 4.78 is 0. The van der Waals surface area contributed by atoms with E-state index in [2.05, 4.69) is 20.6 Å². The number of fused-ring (bicyclic) bond motifs is 4. The molecular formula is C15H16N4O. The van der Waals surface area contributed by atoms with Crippen LogP contribution in [0, 0.1) is 0 Å². The number of aryl methyl sites for hydroxylation is 1. The van der Waals surface area contributed by atoms with Gasteiger partial charge in [0.2, 0.25) is 5.95 Å². The standard InChI is InChI=1S/C15H16N4O/c20-14-12-4-1-3-11(9-12)10-18-15-17-8-6-13(19-15)5-2-7-16-14/h1,3-4,6,8-9H,2,5,7,10H2,(H,16,20)(H,17,18,19). The molecule has 0 radical (unpaired) electrons. The first-order chi connectivity index (χ1) is 9.81. The average Bonchev–Trinajstić information content (AvgIpc) is 2.50. The fourth-order valence-electron chi connectivity index (χ4n) is 2.20. The maximum Gasteiger partial charge on any atom is 0.251 e. The van der Waals surface area contributed by atoms with Gasteiger partial charge in [-0.1, -0.05) is 12.1 Å². The molecule has 5 heteroatoms. The third-order valence-corrected chi connectivity index (χ3v) is 3.25. The number of aromatic nitrogens is 2. The second-order valence-electron chi connectivity index (χ2n) is 4.78. The molecule has 0 fully saturated rings. The molecule has 20 heavy (non-hydrogen) atoms. The van der Waals surface area contributed by atoms with E-state index < -0.39 is 0 Å². The van der Waals surface area contributed by atoms with Gasteiger partial charge < -0.3 is 10.6 Å². The fraction of sp³-hybridized carbons (Fsp3) is 0.267. The van der Waals surface area contributed by atoms with Gasteiger partial charge in [0, 0.05) is 30.5 Å². The third-order valence-electron chi connectivity index (χ3n) is 3.25. The number of hydrogen-bond donors (Lipinski definition) is 2. The Kier molecular flexibility index (Phi) is 3.58. The van der Waals surface area contributed by atoms with Crippen molar-refractivity contribution < 1.29 is 4.79 Å². The molecule has 0 spiro atoms.